The second-order valence-electron chi connectivity index (χ2n) is 8.73. The Labute approximate surface area is 211 Å². The summed E-state index contributed by atoms with van der Waals surface area (Å²) in [6, 6.07) is 24.2. The SMILES string of the molecule is O=S(=O)(c1ccc(-c2cc(C(F)(F)F)on2)s1)N1CCC(C(c2ccccc2)c2ccccc2)CC1. The zero-order chi connectivity index (χ0) is 25.3. The molecule has 0 aliphatic carbocycles. The third-order valence-electron chi connectivity index (χ3n) is 6.50. The van der Waals surface area contributed by atoms with E-state index in [-0.39, 0.29) is 21.7 Å². The number of piperidine rings is 1. The Morgan fingerprint density at radius 1 is 0.917 bits per heavy atom. The van der Waals surface area contributed by atoms with Gasteiger partial charge in [-0.05, 0) is 42.0 Å². The number of hydrogen-bond donors (Lipinski definition) is 0. The van der Waals surface area contributed by atoms with E-state index in [1.807, 2.05) is 36.4 Å². The van der Waals surface area contributed by atoms with Crippen molar-refractivity contribution in [3.8, 4) is 10.6 Å². The van der Waals surface area contributed by atoms with Crippen LogP contribution in [0.2, 0.25) is 0 Å². The number of benzene rings is 2. The van der Waals surface area contributed by atoms with Gasteiger partial charge in [-0.1, -0.05) is 65.8 Å². The molecule has 0 amide bonds. The van der Waals surface area contributed by atoms with Crippen LogP contribution in [0.15, 0.2) is 87.6 Å². The van der Waals surface area contributed by atoms with Crippen molar-refractivity contribution < 1.29 is 26.1 Å². The lowest BCUT2D eigenvalue weighted by molar-refractivity contribution is -0.155. The molecule has 0 atom stereocenters. The van der Waals surface area contributed by atoms with E-state index in [2.05, 4.69) is 33.9 Å². The van der Waals surface area contributed by atoms with Crippen molar-refractivity contribution in [1.82, 2.24) is 9.46 Å². The van der Waals surface area contributed by atoms with Gasteiger partial charge in [0.05, 0.1) is 4.88 Å². The molecule has 1 aliphatic heterocycles. The maximum atomic E-state index is 13.3. The first-order valence-electron chi connectivity index (χ1n) is 11.5. The fourth-order valence-corrected chi connectivity index (χ4v) is 7.64. The number of alkyl halides is 3. The second-order valence-corrected chi connectivity index (χ2v) is 12.0. The third-order valence-corrected chi connectivity index (χ3v) is 9.98. The van der Waals surface area contributed by atoms with Crippen LogP contribution < -0.4 is 0 Å². The molecule has 0 bridgehead atoms. The Balaban J connectivity index is 1.32. The van der Waals surface area contributed by atoms with E-state index >= 15 is 0 Å². The summed E-state index contributed by atoms with van der Waals surface area (Å²) in [7, 11) is -3.78. The molecule has 0 unspecified atom stereocenters. The number of sulfonamides is 1. The van der Waals surface area contributed by atoms with Gasteiger partial charge in [-0.3, -0.25) is 0 Å². The van der Waals surface area contributed by atoms with Gasteiger partial charge in [-0.15, -0.1) is 11.3 Å². The van der Waals surface area contributed by atoms with E-state index in [0.717, 1.165) is 17.4 Å². The molecular weight excluding hydrogens is 509 g/mol. The Morgan fingerprint density at radius 3 is 2.03 bits per heavy atom. The minimum absolute atomic E-state index is 0.0407. The first-order chi connectivity index (χ1) is 17.2. The lowest BCUT2D eigenvalue weighted by atomic mass is 9.76. The minimum Gasteiger partial charge on any atom is -0.351 e. The Hall–Kier alpha value is -2.95. The lowest BCUT2D eigenvalue weighted by Gasteiger charge is -2.36. The van der Waals surface area contributed by atoms with Gasteiger partial charge in [-0.25, -0.2) is 8.42 Å². The quantitative estimate of drug-likeness (QED) is 0.279. The molecule has 4 aromatic rings. The molecule has 2 aromatic heterocycles. The summed E-state index contributed by atoms with van der Waals surface area (Å²) in [5, 5.41) is 3.45. The summed E-state index contributed by atoms with van der Waals surface area (Å²) >= 11 is 0.892. The summed E-state index contributed by atoms with van der Waals surface area (Å²) < 4.78 is 71.1. The van der Waals surface area contributed by atoms with Crippen molar-refractivity contribution in [3.05, 3.63) is 95.7 Å². The van der Waals surface area contributed by atoms with E-state index in [4.69, 9.17) is 0 Å². The number of thiophene rings is 1. The molecule has 5 nitrogen and oxygen atoms in total. The van der Waals surface area contributed by atoms with Crippen molar-refractivity contribution in [2.75, 3.05) is 13.1 Å². The number of aromatic nitrogens is 1. The zero-order valence-corrected chi connectivity index (χ0v) is 20.7. The maximum Gasteiger partial charge on any atom is 0.452 e. The van der Waals surface area contributed by atoms with Gasteiger partial charge in [0.25, 0.3) is 10.0 Å². The van der Waals surface area contributed by atoms with E-state index in [1.165, 1.54) is 27.6 Å². The molecule has 0 saturated carbocycles. The van der Waals surface area contributed by atoms with Gasteiger partial charge in [0.2, 0.25) is 5.76 Å². The molecule has 36 heavy (non-hydrogen) atoms. The molecule has 0 N–H and O–H groups in total. The number of rotatable bonds is 6. The van der Waals surface area contributed by atoms with Gasteiger partial charge >= 0.3 is 6.18 Å². The monoisotopic (exact) mass is 532 g/mol. The molecule has 1 saturated heterocycles. The molecule has 5 rings (SSSR count). The average Bonchev–Trinajstić information content (AvgIpc) is 3.57. The molecule has 3 heterocycles. The molecule has 2 aromatic carbocycles. The van der Waals surface area contributed by atoms with Crippen molar-refractivity contribution in [3.63, 3.8) is 0 Å². The van der Waals surface area contributed by atoms with Gasteiger partial charge in [0.1, 0.15) is 9.90 Å². The van der Waals surface area contributed by atoms with Crippen LogP contribution in [0.4, 0.5) is 13.2 Å². The highest BCUT2D eigenvalue weighted by atomic mass is 32.2. The average molecular weight is 533 g/mol. The molecule has 10 heteroatoms. The van der Waals surface area contributed by atoms with Gasteiger partial charge in [-0.2, -0.15) is 17.5 Å². The summed E-state index contributed by atoms with van der Waals surface area (Å²) in [4.78, 5) is 0.302. The lowest BCUT2D eigenvalue weighted by Crippen LogP contribution is -2.39. The zero-order valence-electron chi connectivity index (χ0n) is 19.1. The van der Waals surface area contributed by atoms with Crippen LogP contribution in [0, 0.1) is 5.92 Å². The fourth-order valence-electron chi connectivity index (χ4n) is 4.76. The van der Waals surface area contributed by atoms with E-state index < -0.39 is 22.0 Å². The van der Waals surface area contributed by atoms with E-state index in [1.54, 1.807) is 0 Å². The standard InChI is InChI=1S/C26H23F3N2O3S2/c27-26(28,29)23-17-21(30-34-23)22-11-12-24(35-22)36(32,33)31-15-13-20(14-16-31)25(18-7-3-1-4-8-18)19-9-5-2-6-10-19/h1-12,17,20,25H,13-16H2. The first-order valence-corrected chi connectivity index (χ1v) is 13.7. The topological polar surface area (TPSA) is 63.4 Å². The van der Waals surface area contributed by atoms with Crippen LogP contribution in [-0.2, 0) is 16.2 Å². The van der Waals surface area contributed by atoms with Gasteiger partial charge in [0, 0.05) is 25.1 Å². The van der Waals surface area contributed by atoms with Gasteiger partial charge in [0.15, 0.2) is 0 Å². The summed E-state index contributed by atoms with van der Waals surface area (Å²) in [5.74, 6) is -0.777. The van der Waals surface area contributed by atoms with Crippen LogP contribution >= 0.6 is 11.3 Å². The van der Waals surface area contributed by atoms with Crippen molar-refractivity contribution in [2.24, 2.45) is 5.92 Å². The van der Waals surface area contributed by atoms with Crippen molar-refractivity contribution in [2.45, 2.75) is 29.1 Å². The maximum absolute atomic E-state index is 13.3. The van der Waals surface area contributed by atoms with Crippen LogP contribution in [0.5, 0.6) is 0 Å². The Morgan fingerprint density at radius 2 is 1.50 bits per heavy atom. The number of halogens is 3. The van der Waals surface area contributed by atoms with Crippen molar-refractivity contribution >= 4 is 21.4 Å². The Kier molecular flexibility index (Phi) is 6.76. The van der Waals surface area contributed by atoms with Crippen LogP contribution in [-0.4, -0.2) is 31.0 Å². The van der Waals surface area contributed by atoms with E-state index in [9.17, 15) is 21.6 Å². The van der Waals surface area contributed by atoms with Crippen LogP contribution in [0.1, 0.15) is 35.6 Å². The van der Waals surface area contributed by atoms with Crippen LogP contribution in [0.3, 0.4) is 0 Å². The minimum atomic E-state index is -4.65. The number of nitrogens with zero attached hydrogens (tertiary/aromatic N) is 2. The highest BCUT2D eigenvalue weighted by Crippen LogP contribution is 2.40. The third kappa shape index (κ3) is 4.98. The first kappa shape index (κ1) is 24.7. The Bertz CT molecular complexity index is 1370. The molecule has 0 radical (unpaired) electrons. The predicted molar refractivity (Wildman–Crippen MR) is 131 cm³/mol. The van der Waals surface area contributed by atoms with E-state index in [0.29, 0.717) is 30.8 Å². The molecule has 0 spiro atoms. The predicted octanol–water partition coefficient (Wildman–Crippen LogP) is 6.65. The molecular formula is C26H23F3N2O3S2. The normalized spacial score (nSPS) is 16.0. The smallest absolute Gasteiger partial charge is 0.351 e. The summed E-state index contributed by atoms with van der Waals surface area (Å²) in [5.41, 5.74) is 2.37. The van der Waals surface area contributed by atoms with Gasteiger partial charge < -0.3 is 4.52 Å². The molecule has 1 aliphatic rings. The second kappa shape index (κ2) is 9.84. The van der Waals surface area contributed by atoms with Crippen LogP contribution in [0.25, 0.3) is 10.6 Å². The molecule has 188 valence electrons. The summed E-state index contributed by atoms with van der Waals surface area (Å²) in [6.07, 6.45) is -3.26. The summed E-state index contributed by atoms with van der Waals surface area (Å²) in [6.45, 7) is 0.747. The molecule has 1 fully saturated rings. The fraction of sp³-hybridized carbons (Fsp3) is 0.269. The highest BCUT2D eigenvalue weighted by Gasteiger charge is 2.37. The van der Waals surface area contributed by atoms with Crippen molar-refractivity contribution in [1.29, 1.82) is 0 Å². The highest BCUT2D eigenvalue weighted by molar-refractivity contribution is 7.91. The largest absolute Gasteiger partial charge is 0.452 e. The number of hydrogen-bond acceptors (Lipinski definition) is 5.